The maximum absolute atomic E-state index is 13.0. The van der Waals surface area contributed by atoms with Gasteiger partial charge in [0, 0.05) is 23.8 Å². The van der Waals surface area contributed by atoms with Gasteiger partial charge in [0.05, 0.1) is 21.8 Å². The monoisotopic (exact) mass is 417 g/mol. The van der Waals surface area contributed by atoms with Crippen molar-refractivity contribution in [2.45, 2.75) is 6.92 Å². The lowest BCUT2D eigenvalue weighted by atomic mass is 10.1. The Morgan fingerprint density at radius 2 is 1.82 bits per heavy atom. The van der Waals surface area contributed by atoms with Crippen molar-refractivity contribution in [2.24, 2.45) is 12.9 Å². The lowest BCUT2D eigenvalue weighted by Crippen LogP contribution is -2.31. The molecule has 0 unspecified atom stereocenters. The summed E-state index contributed by atoms with van der Waals surface area (Å²) in [6.07, 6.45) is 1.59. The van der Waals surface area contributed by atoms with E-state index in [1.165, 1.54) is 10.7 Å². The van der Waals surface area contributed by atoms with Crippen molar-refractivity contribution >= 4 is 40.7 Å². The molecule has 7 nitrogen and oxygen atoms in total. The Morgan fingerprint density at radius 1 is 1.11 bits per heavy atom. The zero-order chi connectivity index (χ0) is 20.4. The second kappa shape index (κ2) is 8.02. The molecule has 1 aromatic heterocycles. The van der Waals surface area contributed by atoms with E-state index >= 15 is 0 Å². The highest BCUT2D eigenvalue weighted by molar-refractivity contribution is 6.33. The summed E-state index contributed by atoms with van der Waals surface area (Å²) in [5.74, 6) is 4.24. The molecule has 144 valence electrons. The highest BCUT2D eigenvalue weighted by Crippen LogP contribution is 2.31. The molecule has 0 saturated heterocycles. The number of halogens is 2. The van der Waals surface area contributed by atoms with E-state index in [1.54, 1.807) is 44.4 Å². The number of hydrogen-bond donors (Lipinski definition) is 3. The molecule has 2 aromatic carbocycles. The van der Waals surface area contributed by atoms with Gasteiger partial charge >= 0.3 is 0 Å². The molecule has 0 bridgehead atoms. The number of rotatable bonds is 4. The minimum absolute atomic E-state index is 0.157. The molecule has 0 aliphatic rings. The van der Waals surface area contributed by atoms with Gasteiger partial charge in [0.25, 0.3) is 11.8 Å². The van der Waals surface area contributed by atoms with Crippen molar-refractivity contribution in [3.05, 3.63) is 69.3 Å². The molecule has 0 atom stereocenters. The van der Waals surface area contributed by atoms with Crippen LogP contribution in [0, 0.1) is 6.92 Å². The first-order valence-electron chi connectivity index (χ1n) is 8.22. The van der Waals surface area contributed by atoms with Gasteiger partial charge in [-0.15, -0.1) is 0 Å². The molecule has 0 saturated carbocycles. The second-order valence-corrected chi connectivity index (χ2v) is 6.96. The number of nitrogens with one attached hydrogen (secondary N) is 2. The van der Waals surface area contributed by atoms with E-state index in [-0.39, 0.29) is 5.56 Å². The predicted molar refractivity (Wildman–Crippen MR) is 109 cm³/mol. The lowest BCUT2D eigenvalue weighted by molar-refractivity contribution is 0.0954. The summed E-state index contributed by atoms with van der Waals surface area (Å²) >= 11 is 12.3. The van der Waals surface area contributed by atoms with Gasteiger partial charge in [-0.2, -0.15) is 5.10 Å². The van der Waals surface area contributed by atoms with Crippen molar-refractivity contribution in [1.29, 1.82) is 0 Å². The van der Waals surface area contributed by atoms with Gasteiger partial charge in [0.15, 0.2) is 0 Å². The van der Waals surface area contributed by atoms with E-state index in [0.29, 0.717) is 38.1 Å². The number of carbonyl (C=O) groups is 2. The van der Waals surface area contributed by atoms with E-state index in [2.05, 4.69) is 15.8 Å². The molecule has 3 rings (SSSR count). The van der Waals surface area contributed by atoms with Crippen LogP contribution in [0.1, 0.15) is 26.3 Å². The largest absolute Gasteiger partial charge is 0.321 e. The molecule has 2 amide bonds. The molecule has 3 aromatic rings. The van der Waals surface area contributed by atoms with Crippen LogP contribution in [-0.2, 0) is 7.05 Å². The zero-order valence-corrected chi connectivity index (χ0v) is 16.6. The molecular weight excluding hydrogens is 401 g/mol. The number of nitrogens with two attached hydrogens (primary N) is 1. The summed E-state index contributed by atoms with van der Waals surface area (Å²) in [6.45, 7) is 1.73. The van der Waals surface area contributed by atoms with Gasteiger partial charge in [-0.3, -0.25) is 19.7 Å². The third-order valence-electron chi connectivity index (χ3n) is 4.12. The maximum Gasteiger partial charge on any atom is 0.267 e. The van der Waals surface area contributed by atoms with Crippen molar-refractivity contribution < 1.29 is 9.59 Å². The smallest absolute Gasteiger partial charge is 0.267 e. The zero-order valence-electron chi connectivity index (χ0n) is 15.1. The van der Waals surface area contributed by atoms with Crippen LogP contribution < -0.4 is 16.6 Å². The summed E-state index contributed by atoms with van der Waals surface area (Å²) in [6, 6.07) is 10.2. The number of aromatic nitrogens is 2. The molecule has 28 heavy (non-hydrogen) atoms. The van der Waals surface area contributed by atoms with Crippen LogP contribution in [0.3, 0.4) is 0 Å². The summed E-state index contributed by atoms with van der Waals surface area (Å²) in [5.41, 5.74) is 4.51. The number of benzene rings is 2. The fourth-order valence-electron chi connectivity index (χ4n) is 2.85. The molecule has 0 fully saturated rings. The Labute approximate surface area is 171 Å². The van der Waals surface area contributed by atoms with Gasteiger partial charge in [-0.05, 0) is 30.7 Å². The molecule has 1 heterocycles. The fraction of sp³-hybridized carbons (Fsp3) is 0.105. The summed E-state index contributed by atoms with van der Waals surface area (Å²) in [4.78, 5) is 25.1. The van der Waals surface area contributed by atoms with Gasteiger partial charge in [-0.1, -0.05) is 41.4 Å². The minimum Gasteiger partial charge on any atom is -0.321 e. The first-order valence-corrected chi connectivity index (χ1v) is 8.98. The van der Waals surface area contributed by atoms with Gasteiger partial charge in [0.2, 0.25) is 0 Å². The number of aryl methyl sites for hydroxylation is 2. The molecule has 0 aliphatic carbocycles. The van der Waals surface area contributed by atoms with Gasteiger partial charge in [0.1, 0.15) is 5.69 Å². The SMILES string of the molecule is Cc1cc(Cl)cc(C(=O)NN)c1NC(=O)c1cn(C)nc1-c1ccccc1Cl. The average Bonchev–Trinajstić information content (AvgIpc) is 3.05. The first-order chi connectivity index (χ1) is 13.3. The number of anilines is 1. The van der Waals surface area contributed by atoms with E-state index < -0.39 is 11.8 Å². The Bertz CT molecular complexity index is 1080. The number of carbonyl (C=O) groups excluding carboxylic acids is 2. The highest BCUT2D eigenvalue weighted by atomic mass is 35.5. The molecule has 0 radical (unpaired) electrons. The van der Waals surface area contributed by atoms with E-state index in [0.717, 1.165) is 0 Å². The third-order valence-corrected chi connectivity index (χ3v) is 4.66. The standard InChI is InChI=1S/C19H17Cl2N5O2/c1-10-7-11(20)8-13(19(28)24-22)16(10)23-18(27)14-9-26(2)25-17(14)12-5-3-4-6-15(12)21/h3-9H,22H2,1-2H3,(H,23,27)(H,24,28). The van der Waals surface area contributed by atoms with Gasteiger partial charge < -0.3 is 5.32 Å². The Hall–Kier alpha value is -2.87. The topological polar surface area (TPSA) is 102 Å². The third kappa shape index (κ3) is 3.87. The van der Waals surface area contributed by atoms with Crippen molar-refractivity contribution in [3.8, 4) is 11.3 Å². The Kier molecular flexibility index (Phi) is 5.69. The van der Waals surface area contributed by atoms with Crippen molar-refractivity contribution in [1.82, 2.24) is 15.2 Å². The quantitative estimate of drug-likeness (QED) is 0.343. The average molecular weight is 418 g/mol. The highest BCUT2D eigenvalue weighted by Gasteiger charge is 2.22. The van der Waals surface area contributed by atoms with Crippen LogP contribution in [0.5, 0.6) is 0 Å². The van der Waals surface area contributed by atoms with Crippen molar-refractivity contribution in [3.63, 3.8) is 0 Å². The Morgan fingerprint density at radius 3 is 2.50 bits per heavy atom. The molecule has 9 heteroatoms. The molecular formula is C19H17Cl2N5O2. The van der Waals surface area contributed by atoms with Crippen molar-refractivity contribution in [2.75, 3.05) is 5.32 Å². The number of nitrogen functional groups attached to an aromatic ring is 1. The molecule has 0 spiro atoms. The summed E-state index contributed by atoms with van der Waals surface area (Å²) in [5, 5.41) is 7.96. The minimum atomic E-state index is -0.571. The number of amides is 2. The molecule has 4 N–H and O–H groups in total. The van der Waals surface area contributed by atoms with Crippen LogP contribution in [0.15, 0.2) is 42.6 Å². The van der Waals surface area contributed by atoms with Crippen LogP contribution in [-0.4, -0.2) is 21.6 Å². The van der Waals surface area contributed by atoms with Gasteiger partial charge in [-0.25, -0.2) is 5.84 Å². The first kappa shape index (κ1) is 19.9. The Balaban J connectivity index is 2.05. The summed E-state index contributed by atoms with van der Waals surface area (Å²) in [7, 11) is 1.71. The maximum atomic E-state index is 13.0. The van der Waals surface area contributed by atoms with Crippen LogP contribution in [0.4, 0.5) is 5.69 Å². The normalized spacial score (nSPS) is 10.6. The van der Waals surface area contributed by atoms with E-state index in [9.17, 15) is 9.59 Å². The predicted octanol–water partition coefficient (Wildman–Crippen LogP) is 3.56. The van der Waals surface area contributed by atoms with Crippen LogP contribution in [0.2, 0.25) is 10.0 Å². The van der Waals surface area contributed by atoms with E-state index in [4.69, 9.17) is 29.0 Å². The van der Waals surface area contributed by atoms with E-state index in [1.807, 2.05) is 6.07 Å². The molecule has 0 aliphatic heterocycles. The van der Waals surface area contributed by atoms with Crippen LogP contribution in [0.25, 0.3) is 11.3 Å². The summed E-state index contributed by atoms with van der Waals surface area (Å²) < 4.78 is 1.52. The fourth-order valence-corrected chi connectivity index (χ4v) is 3.35. The number of nitrogens with zero attached hydrogens (tertiary/aromatic N) is 2. The van der Waals surface area contributed by atoms with Crippen LogP contribution >= 0.6 is 23.2 Å². The lowest BCUT2D eigenvalue weighted by Gasteiger charge is -2.14. The second-order valence-electron chi connectivity index (χ2n) is 6.12. The number of hydrogen-bond acceptors (Lipinski definition) is 4. The number of hydrazine groups is 1.